The normalized spacial score (nSPS) is 11.1. The summed E-state index contributed by atoms with van der Waals surface area (Å²) >= 11 is 7.73. The molecule has 0 aliphatic rings. The lowest BCUT2D eigenvalue weighted by Crippen LogP contribution is -2.29. The van der Waals surface area contributed by atoms with Gasteiger partial charge in [-0.2, -0.15) is 0 Å². The number of hydrogen-bond donors (Lipinski definition) is 0. The van der Waals surface area contributed by atoms with Gasteiger partial charge in [0.15, 0.2) is 16.6 Å². The number of halogens is 1. The Bertz CT molecular complexity index is 1340. The molecule has 9 heteroatoms. The Labute approximate surface area is 206 Å². The molecule has 2 aromatic heterocycles. The first-order chi connectivity index (χ1) is 16.5. The van der Waals surface area contributed by atoms with Crippen LogP contribution in [0.15, 0.2) is 60.8 Å². The Morgan fingerprint density at radius 3 is 2.50 bits per heavy atom. The van der Waals surface area contributed by atoms with Crippen molar-refractivity contribution in [2.75, 3.05) is 26.2 Å². The number of thiazole rings is 1. The first kappa shape index (κ1) is 23.5. The van der Waals surface area contributed by atoms with E-state index in [-0.39, 0.29) is 12.5 Å². The highest BCUT2D eigenvalue weighted by atomic mass is 35.5. The molecule has 0 spiro atoms. The molecule has 0 atom stereocenters. The molecule has 174 valence electrons. The molecule has 1 amide bonds. The Balaban J connectivity index is 1.70. The third kappa shape index (κ3) is 4.98. The largest absolute Gasteiger partial charge is 0.494 e. The highest BCUT2D eigenvalue weighted by molar-refractivity contribution is 7.23. The van der Waals surface area contributed by atoms with E-state index in [2.05, 4.69) is 9.97 Å². The SMILES string of the molecule is COc1ccc(/C=C/C(=O)N(Cc2ccccn2)c2nc3c(OC)ccc(Cl)c3s2)cc1OC. The summed E-state index contributed by atoms with van der Waals surface area (Å²) in [4.78, 5) is 24.0. The molecule has 0 bridgehead atoms. The number of benzene rings is 2. The molecule has 0 radical (unpaired) electrons. The van der Waals surface area contributed by atoms with E-state index >= 15 is 0 Å². The van der Waals surface area contributed by atoms with Gasteiger partial charge in [0.1, 0.15) is 11.3 Å². The summed E-state index contributed by atoms with van der Waals surface area (Å²) in [6.45, 7) is 0.246. The number of methoxy groups -OCH3 is 3. The molecule has 0 aliphatic heterocycles. The monoisotopic (exact) mass is 495 g/mol. The van der Waals surface area contributed by atoms with E-state index < -0.39 is 0 Å². The number of pyridine rings is 1. The topological polar surface area (TPSA) is 73.8 Å². The maximum atomic E-state index is 13.4. The summed E-state index contributed by atoms with van der Waals surface area (Å²) in [5.74, 6) is 1.53. The Hall–Kier alpha value is -3.62. The van der Waals surface area contributed by atoms with Gasteiger partial charge < -0.3 is 14.2 Å². The molecule has 7 nitrogen and oxygen atoms in total. The summed E-state index contributed by atoms with van der Waals surface area (Å²) in [5.41, 5.74) is 2.13. The van der Waals surface area contributed by atoms with Crippen molar-refractivity contribution >= 4 is 50.3 Å². The predicted molar refractivity (Wildman–Crippen MR) is 135 cm³/mol. The minimum Gasteiger partial charge on any atom is -0.494 e. The van der Waals surface area contributed by atoms with Crippen LogP contribution in [0.5, 0.6) is 17.2 Å². The van der Waals surface area contributed by atoms with Crippen LogP contribution in [-0.4, -0.2) is 37.2 Å². The molecule has 34 heavy (non-hydrogen) atoms. The van der Waals surface area contributed by atoms with Crippen LogP contribution in [0.3, 0.4) is 0 Å². The summed E-state index contributed by atoms with van der Waals surface area (Å²) in [6.07, 6.45) is 4.90. The fourth-order valence-electron chi connectivity index (χ4n) is 3.33. The molecular formula is C25H22ClN3O4S. The molecule has 0 unspecified atom stereocenters. The minimum atomic E-state index is -0.255. The molecule has 0 N–H and O–H groups in total. The number of anilines is 1. The lowest BCUT2D eigenvalue weighted by atomic mass is 10.2. The third-order valence-corrected chi connectivity index (χ3v) is 6.57. The summed E-state index contributed by atoms with van der Waals surface area (Å²) < 4.78 is 16.8. The van der Waals surface area contributed by atoms with Crippen molar-refractivity contribution in [2.24, 2.45) is 0 Å². The van der Waals surface area contributed by atoms with Gasteiger partial charge in [0.05, 0.1) is 43.3 Å². The van der Waals surface area contributed by atoms with E-state index in [0.717, 1.165) is 16.0 Å². The number of aromatic nitrogens is 2. The van der Waals surface area contributed by atoms with Gasteiger partial charge in [0.25, 0.3) is 5.91 Å². The molecule has 4 rings (SSSR count). The number of hydrogen-bond acceptors (Lipinski definition) is 7. The lowest BCUT2D eigenvalue weighted by Gasteiger charge is -2.17. The number of rotatable bonds is 8. The van der Waals surface area contributed by atoms with Crippen LogP contribution < -0.4 is 19.1 Å². The maximum absolute atomic E-state index is 13.4. The highest BCUT2D eigenvalue weighted by Crippen LogP contribution is 2.39. The lowest BCUT2D eigenvalue weighted by molar-refractivity contribution is -0.114. The Morgan fingerprint density at radius 1 is 1.03 bits per heavy atom. The molecule has 4 aromatic rings. The van der Waals surface area contributed by atoms with Crippen LogP contribution in [0.2, 0.25) is 5.02 Å². The molecule has 0 fully saturated rings. The van der Waals surface area contributed by atoms with Crippen LogP contribution in [-0.2, 0) is 11.3 Å². The van der Waals surface area contributed by atoms with Gasteiger partial charge in [0, 0.05) is 12.3 Å². The second kappa shape index (κ2) is 10.5. The van der Waals surface area contributed by atoms with Gasteiger partial charge >= 0.3 is 0 Å². The van der Waals surface area contributed by atoms with E-state index in [9.17, 15) is 4.79 Å². The van der Waals surface area contributed by atoms with Crippen molar-refractivity contribution in [1.82, 2.24) is 9.97 Å². The zero-order chi connectivity index (χ0) is 24.1. The van der Waals surface area contributed by atoms with Gasteiger partial charge in [-0.1, -0.05) is 35.1 Å². The maximum Gasteiger partial charge on any atom is 0.253 e. The van der Waals surface area contributed by atoms with E-state index in [0.29, 0.717) is 32.9 Å². The average molecular weight is 496 g/mol. The van der Waals surface area contributed by atoms with Crippen LogP contribution in [0.1, 0.15) is 11.3 Å². The predicted octanol–water partition coefficient (Wildman–Crippen LogP) is 5.62. The Morgan fingerprint density at radius 2 is 1.79 bits per heavy atom. The van der Waals surface area contributed by atoms with E-state index in [1.807, 2.05) is 24.3 Å². The molecule has 2 heterocycles. The second-order valence-electron chi connectivity index (χ2n) is 7.12. The first-order valence-corrected chi connectivity index (χ1v) is 11.5. The van der Waals surface area contributed by atoms with Gasteiger partial charge in [-0.05, 0) is 48.0 Å². The highest BCUT2D eigenvalue weighted by Gasteiger charge is 2.21. The van der Waals surface area contributed by atoms with E-state index in [1.54, 1.807) is 62.8 Å². The van der Waals surface area contributed by atoms with Gasteiger partial charge in [-0.3, -0.25) is 14.7 Å². The number of fused-ring (bicyclic) bond motifs is 1. The zero-order valence-corrected chi connectivity index (χ0v) is 20.4. The standard InChI is InChI=1S/C25H22ClN3O4S/c1-31-19-10-7-16(14-21(19)33-3)8-12-22(30)29(15-17-6-4-5-13-27-17)25-28-23-20(32-2)11-9-18(26)24(23)34-25/h4-14H,15H2,1-3H3/b12-8+. The van der Waals surface area contributed by atoms with Crippen molar-refractivity contribution in [3.05, 3.63) is 77.1 Å². The summed E-state index contributed by atoms with van der Waals surface area (Å²) in [6, 6.07) is 14.5. The van der Waals surface area contributed by atoms with Crippen LogP contribution >= 0.6 is 22.9 Å². The number of amides is 1. The molecule has 0 aliphatic carbocycles. The quantitative estimate of drug-likeness (QED) is 0.295. The van der Waals surface area contributed by atoms with Gasteiger partial charge in [-0.15, -0.1) is 0 Å². The molecule has 2 aromatic carbocycles. The molecule has 0 saturated carbocycles. The minimum absolute atomic E-state index is 0.246. The third-order valence-electron chi connectivity index (χ3n) is 5.04. The zero-order valence-electron chi connectivity index (χ0n) is 18.8. The number of nitrogens with zero attached hydrogens (tertiary/aromatic N) is 3. The molecule has 0 saturated heterocycles. The average Bonchev–Trinajstić information content (AvgIpc) is 3.32. The Kier molecular flexibility index (Phi) is 7.30. The van der Waals surface area contributed by atoms with Crippen molar-refractivity contribution in [2.45, 2.75) is 6.54 Å². The van der Waals surface area contributed by atoms with Crippen LogP contribution in [0.25, 0.3) is 16.3 Å². The fourth-order valence-corrected chi connectivity index (χ4v) is 4.59. The van der Waals surface area contributed by atoms with E-state index in [4.69, 9.17) is 25.8 Å². The first-order valence-electron chi connectivity index (χ1n) is 10.3. The van der Waals surface area contributed by atoms with E-state index in [1.165, 1.54) is 17.4 Å². The van der Waals surface area contributed by atoms with Crippen LogP contribution in [0.4, 0.5) is 5.13 Å². The van der Waals surface area contributed by atoms with Crippen molar-refractivity contribution in [3.8, 4) is 17.2 Å². The fraction of sp³-hybridized carbons (Fsp3) is 0.160. The van der Waals surface area contributed by atoms with Crippen molar-refractivity contribution < 1.29 is 19.0 Å². The van der Waals surface area contributed by atoms with Crippen LogP contribution in [0, 0.1) is 0 Å². The second-order valence-corrected chi connectivity index (χ2v) is 8.50. The van der Waals surface area contributed by atoms with Gasteiger partial charge in [-0.25, -0.2) is 4.98 Å². The van der Waals surface area contributed by atoms with Crippen molar-refractivity contribution in [1.29, 1.82) is 0 Å². The smallest absolute Gasteiger partial charge is 0.253 e. The number of carbonyl (C=O) groups is 1. The summed E-state index contributed by atoms with van der Waals surface area (Å²) in [5, 5.41) is 1.04. The number of carbonyl (C=O) groups excluding carboxylic acids is 1. The van der Waals surface area contributed by atoms with Gasteiger partial charge in [0.2, 0.25) is 0 Å². The summed E-state index contributed by atoms with van der Waals surface area (Å²) in [7, 11) is 4.72. The van der Waals surface area contributed by atoms with Crippen molar-refractivity contribution in [3.63, 3.8) is 0 Å². The number of ether oxygens (including phenoxy) is 3. The molecular weight excluding hydrogens is 474 g/mol.